The van der Waals surface area contributed by atoms with E-state index in [9.17, 15) is 4.79 Å². The summed E-state index contributed by atoms with van der Waals surface area (Å²) in [5.74, 6) is 1.28. The van der Waals surface area contributed by atoms with Crippen LogP contribution < -0.4 is 14.8 Å². The number of anilines is 1. The van der Waals surface area contributed by atoms with Gasteiger partial charge in [-0.3, -0.25) is 4.79 Å². The molecule has 0 radical (unpaired) electrons. The van der Waals surface area contributed by atoms with Gasteiger partial charge in [0, 0.05) is 11.3 Å². The van der Waals surface area contributed by atoms with Crippen LogP contribution in [0.1, 0.15) is 15.9 Å². The first kappa shape index (κ1) is 17.5. The topological polar surface area (TPSA) is 47.6 Å². The van der Waals surface area contributed by atoms with Gasteiger partial charge >= 0.3 is 0 Å². The van der Waals surface area contributed by atoms with Gasteiger partial charge in [0.05, 0.1) is 0 Å². The fourth-order valence-electron chi connectivity index (χ4n) is 2.40. The summed E-state index contributed by atoms with van der Waals surface area (Å²) in [6, 6.07) is 24.4. The Hall–Kier alpha value is -3.27. The molecule has 3 rings (SSSR count). The Bertz CT molecular complexity index is 845. The summed E-state index contributed by atoms with van der Waals surface area (Å²) in [4.78, 5) is 12.4. The predicted molar refractivity (Wildman–Crippen MR) is 103 cm³/mol. The van der Waals surface area contributed by atoms with Gasteiger partial charge in [-0.25, -0.2) is 0 Å². The SMILES string of the molecule is Cc1ccc(NC(=O)c2cccc(OCCOc3ccccc3)c2)cc1. The van der Waals surface area contributed by atoms with Gasteiger partial charge < -0.3 is 14.8 Å². The van der Waals surface area contributed by atoms with E-state index in [1.165, 1.54) is 0 Å². The molecule has 0 atom stereocenters. The van der Waals surface area contributed by atoms with E-state index in [4.69, 9.17) is 9.47 Å². The van der Waals surface area contributed by atoms with Crippen LogP contribution in [0.5, 0.6) is 11.5 Å². The molecule has 0 bridgehead atoms. The molecule has 0 unspecified atom stereocenters. The molecule has 132 valence electrons. The number of benzene rings is 3. The lowest BCUT2D eigenvalue weighted by Gasteiger charge is -2.10. The van der Waals surface area contributed by atoms with Crippen molar-refractivity contribution < 1.29 is 14.3 Å². The van der Waals surface area contributed by atoms with Crippen LogP contribution >= 0.6 is 0 Å². The number of carbonyl (C=O) groups excluding carboxylic acids is 1. The third-order valence-electron chi connectivity index (χ3n) is 3.77. The average molecular weight is 347 g/mol. The number of aryl methyl sites for hydroxylation is 1. The van der Waals surface area contributed by atoms with Crippen LogP contribution in [-0.4, -0.2) is 19.1 Å². The minimum absolute atomic E-state index is 0.167. The summed E-state index contributed by atoms with van der Waals surface area (Å²) in [6.45, 7) is 2.84. The van der Waals surface area contributed by atoms with Crippen LogP contribution in [0.4, 0.5) is 5.69 Å². The number of carbonyl (C=O) groups is 1. The van der Waals surface area contributed by atoms with Gasteiger partial charge in [-0.1, -0.05) is 42.0 Å². The van der Waals surface area contributed by atoms with Crippen molar-refractivity contribution in [1.29, 1.82) is 0 Å². The third kappa shape index (κ3) is 5.11. The molecule has 0 fully saturated rings. The van der Waals surface area contributed by atoms with Crippen molar-refractivity contribution in [3.8, 4) is 11.5 Å². The summed E-state index contributed by atoms with van der Waals surface area (Å²) in [6.07, 6.45) is 0. The zero-order chi connectivity index (χ0) is 18.2. The van der Waals surface area contributed by atoms with Gasteiger partial charge in [0.2, 0.25) is 0 Å². The summed E-state index contributed by atoms with van der Waals surface area (Å²) in [7, 11) is 0. The molecule has 0 aromatic heterocycles. The highest BCUT2D eigenvalue weighted by Gasteiger charge is 2.07. The molecule has 0 aliphatic carbocycles. The summed E-state index contributed by atoms with van der Waals surface area (Å²) >= 11 is 0. The Kier molecular flexibility index (Phi) is 5.88. The van der Waals surface area contributed by atoms with Gasteiger partial charge in [-0.15, -0.1) is 0 Å². The minimum atomic E-state index is -0.167. The smallest absolute Gasteiger partial charge is 0.255 e. The molecule has 0 spiro atoms. The summed E-state index contributed by atoms with van der Waals surface area (Å²) in [5, 5.41) is 2.88. The van der Waals surface area contributed by atoms with Crippen molar-refractivity contribution >= 4 is 11.6 Å². The van der Waals surface area contributed by atoms with Crippen LogP contribution in [0, 0.1) is 6.92 Å². The maximum Gasteiger partial charge on any atom is 0.255 e. The van der Waals surface area contributed by atoms with Crippen molar-refractivity contribution in [2.75, 3.05) is 18.5 Å². The molecule has 3 aromatic carbocycles. The second-order valence-electron chi connectivity index (χ2n) is 5.86. The van der Waals surface area contributed by atoms with E-state index >= 15 is 0 Å². The Morgan fingerprint density at radius 2 is 1.46 bits per heavy atom. The largest absolute Gasteiger partial charge is 0.490 e. The van der Waals surface area contributed by atoms with E-state index in [2.05, 4.69) is 5.32 Å². The van der Waals surface area contributed by atoms with Crippen LogP contribution in [0.15, 0.2) is 78.9 Å². The Balaban J connectivity index is 1.52. The maximum absolute atomic E-state index is 12.4. The first-order valence-electron chi connectivity index (χ1n) is 8.49. The van der Waals surface area contributed by atoms with Crippen LogP contribution in [0.2, 0.25) is 0 Å². The van der Waals surface area contributed by atoms with Crippen molar-refractivity contribution in [2.45, 2.75) is 6.92 Å². The number of ether oxygens (including phenoxy) is 2. The second-order valence-corrected chi connectivity index (χ2v) is 5.86. The van der Waals surface area contributed by atoms with E-state index in [0.29, 0.717) is 24.5 Å². The van der Waals surface area contributed by atoms with Crippen molar-refractivity contribution in [1.82, 2.24) is 0 Å². The first-order valence-corrected chi connectivity index (χ1v) is 8.49. The number of para-hydroxylation sites is 1. The maximum atomic E-state index is 12.4. The highest BCUT2D eigenvalue weighted by molar-refractivity contribution is 6.04. The second kappa shape index (κ2) is 8.72. The monoisotopic (exact) mass is 347 g/mol. The molecule has 4 heteroatoms. The normalized spacial score (nSPS) is 10.2. The van der Waals surface area contributed by atoms with Gasteiger partial charge in [-0.2, -0.15) is 0 Å². The van der Waals surface area contributed by atoms with E-state index < -0.39 is 0 Å². The number of amides is 1. The standard InChI is InChI=1S/C22H21NO3/c1-17-10-12-19(13-11-17)23-22(24)18-6-5-9-21(16-18)26-15-14-25-20-7-3-2-4-8-20/h2-13,16H,14-15H2,1H3,(H,23,24). The Morgan fingerprint density at radius 3 is 2.19 bits per heavy atom. The number of hydrogen-bond donors (Lipinski definition) is 1. The molecule has 0 saturated heterocycles. The van der Waals surface area contributed by atoms with Crippen LogP contribution in [0.3, 0.4) is 0 Å². The molecule has 26 heavy (non-hydrogen) atoms. The lowest BCUT2D eigenvalue weighted by molar-refractivity contribution is 0.102. The lowest BCUT2D eigenvalue weighted by Crippen LogP contribution is -2.13. The first-order chi connectivity index (χ1) is 12.7. The van der Waals surface area contributed by atoms with E-state index in [0.717, 1.165) is 17.0 Å². The van der Waals surface area contributed by atoms with Crippen LogP contribution in [-0.2, 0) is 0 Å². The van der Waals surface area contributed by atoms with Gasteiger partial charge in [-0.05, 0) is 49.4 Å². The number of nitrogens with one attached hydrogen (secondary N) is 1. The zero-order valence-corrected chi connectivity index (χ0v) is 14.6. The molecule has 3 aromatic rings. The lowest BCUT2D eigenvalue weighted by atomic mass is 10.2. The fourth-order valence-corrected chi connectivity index (χ4v) is 2.40. The molecule has 0 heterocycles. The van der Waals surface area contributed by atoms with E-state index in [-0.39, 0.29) is 5.91 Å². The van der Waals surface area contributed by atoms with Crippen molar-refractivity contribution in [3.63, 3.8) is 0 Å². The van der Waals surface area contributed by atoms with E-state index in [1.54, 1.807) is 18.2 Å². The third-order valence-corrected chi connectivity index (χ3v) is 3.77. The molecular weight excluding hydrogens is 326 g/mol. The van der Waals surface area contributed by atoms with Gasteiger partial charge in [0.15, 0.2) is 0 Å². The van der Waals surface area contributed by atoms with E-state index in [1.807, 2.05) is 67.6 Å². The highest BCUT2D eigenvalue weighted by Crippen LogP contribution is 2.16. The quantitative estimate of drug-likeness (QED) is 0.630. The average Bonchev–Trinajstić information content (AvgIpc) is 2.68. The molecule has 1 N–H and O–H groups in total. The fraction of sp³-hybridized carbons (Fsp3) is 0.136. The molecule has 0 aliphatic heterocycles. The zero-order valence-electron chi connectivity index (χ0n) is 14.6. The number of hydrogen-bond acceptors (Lipinski definition) is 3. The van der Waals surface area contributed by atoms with Crippen molar-refractivity contribution in [2.24, 2.45) is 0 Å². The molecule has 0 saturated carbocycles. The Labute approximate surface area is 153 Å². The molecular formula is C22H21NO3. The molecule has 4 nitrogen and oxygen atoms in total. The Morgan fingerprint density at radius 1 is 0.808 bits per heavy atom. The molecule has 1 amide bonds. The summed E-state index contributed by atoms with van der Waals surface area (Å²) < 4.78 is 11.3. The highest BCUT2D eigenvalue weighted by atomic mass is 16.5. The number of rotatable bonds is 7. The molecule has 0 aliphatic rings. The van der Waals surface area contributed by atoms with Gasteiger partial charge in [0.25, 0.3) is 5.91 Å². The van der Waals surface area contributed by atoms with Crippen LogP contribution in [0.25, 0.3) is 0 Å². The van der Waals surface area contributed by atoms with Gasteiger partial charge in [0.1, 0.15) is 24.7 Å². The summed E-state index contributed by atoms with van der Waals surface area (Å²) in [5.41, 5.74) is 2.46. The van der Waals surface area contributed by atoms with Crippen molar-refractivity contribution in [3.05, 3.63) is 90.0 Å². The predicted octanol–water partition coefficient (Wildman–Crippen LogP) is 4.71. The minimum Gasteiger partial charge on any atom is -0.490 e.